The lowest BCUT2D eigenvalue weighted by Gasteiger charge is -2.26. The minimum atomic E-state index is -3.63. The number of morpholine rings is 1. The minimum Gasteiger partial charge on any atom is -0.378 e. The van der Waals surface area contributed by atoms with Gasteiger partial charge in [0.05, 0.1) is 23.8 Å². The van der Waals surface area contributed by atoms with Gasteiger partial charge in [0.1, 0.15) is 0 Å². The van der Waals surface area contributed by atoms with Crippen LogP contribution in [0.3, 0.4) is 0 Å². The molecule has 0 atom stereocenters. The minimum absolute atomic E-state index is 0.0817. The molecule has 1 aromatic heterocycles. The predicted molar refractivity (Wildman–Crippen MR) is 131 cm³/mol. The molecule has 8 nitrogen and oxygen atoms in total. The number of nitrogens with zero attached hydrogens (tertiary/aromatic N) is 3. The Labute approximate surface area is 197 Å². The van der Waals surface area contributed by atoms with Crippen LogP contribution in [0.4, 0.5) is 10.8 Å². The van der Waals surface area contributed by atoms with E-state index in [9.17, 15) is 13.2 Å². The molecule has 3 aromatic rings. The number of carbonyl (C=O) groups is 1. The molecule has 2 heterocycles. The van der Waals surface area contributed by atoms with Crippen molar-refractivity contribution in [2.45, 2.75) is 11.8 Å². The monoisotopic (exact) mass is 486 g/mol. The molecule has 0 aliphatic carbocycles. The Morgan fingerprint density at radius 1 is 1.12 bits per heavy atom. The van der Waals surface area contributed by atoms with Gasteiger partial charge in [-0.15, -0.1) is 11.3 Å². The fraction of sp³-hybridized carbons (Fsp3) is 0.304. The highest BCUT2D eigenvalue weighted by atomic mass is 32.2. The summed E-state index contributed by atoms with van der Waals surface area (Å²) in [5.41, 5.74) is 3.47. The zero-order valence-electron chi connectivity index (χ0n) is 18.7. The largest absolute Gasteiger partial charge is 0.378 e. The van der Waals surface area contributed by atoms with Gasteiger partial charge in [-0.3, -0.25) is 4.79 Å². The molecular formula is C23H26N4O4S2. The molecule has 1 fully saturated rings. The zero-order valence-corrected chi connectivity index (χ0v) is 20.4. The molecule has 2 aromatic carbocycles. The van der Waals surface area contributed by atoms with Crippen molar-refractivity contribution in [1.82, 2.24) is 9.29 Å². The van der Waals surface area contributed by atoms with Crippen molar-refractivity contribution < 1.29 is 17.9 Å². The third-order valence-corrected chi connectivity index (χ3v) is 8.16. The molecule has 0 spiro atoms. The Balaban J connectivity index is 1.48. The normalized spacial score (nSPS) is 14.5. The molecule has 0 radical (unpaired) electrons. The first kappa shape index (κ1) is 23.4. The van der Waals surface area contributed by atoms with E-state index in [0.717, 1.165) is 33.8 Å². The summed E-state index contributed by atoms with van der Waals surface area (Å²) in [7, 11) is -0.706. The van der Waals surface area contributed by atoms with Crippen LogP contribution in [0.25, 0.3) is 11.3 Å². The Bertz CT molecular complexity index is 1250. The van der Waals surface area contributed by atoms with Crippen LogP contribution in [-0.4, -0.2) is 64.0 Å². The summed E-state index contributed by atoms with van der Waals surface area (Å²) in [6.07, 6.45) is 0. The highest BCUT2D eigenvalue weighted by Gasteiger charge is 2.20. The fourth-order valence-corrected chi connectivity index (χ4v) is 5.25. The van der Waals surface area contributed by atoms with Crippen molar-refractivity contribution >= 4 is 38.1 Å². The van der Waals surface area contributed by atoms with E-state index in [-0.39, 0.29) is 10.8 Å². The van der Waals surface area contributed by atoms with Crippen LogP contribution in [-0.2, 0) is 14.8 Å². The molecular weight excluding hydrogens is 460 g/mol. The van der Waals surface area contributed by atoms with Crippen LogP contribution in [0.2, 0.25) is 0 Å². The van der Waals surface area contributed by atoms with Crippen molar-refractivity contribution in [3.8, 4) is 11.3 Å². The van der Waals surface area contributed by atoms with Gasteiger partial charge in [0.2, 0.25) is 10.0 Å². The van der Waals surface area contributed by atoms with E-state index in [1.807, 2.05) is 29.6 Å². The number of carbonyl (C=O) groups excluding carboxylic acids is 1. The summed E-state index contributed by atoms with van der Waals surface area (Å²) in [4.78, 5) is 19.9. The van der Waals surface area contributed by atoms with Gasteiger partial charge in [-0.05, 0) is 36.8 Å². The van der Waals surface area contributed by atoms with E-state index in [1.54, 1.807) is 24.3 Å². The number of thiazole rings is 1. The number of amides is 1. The van der Waals surface area contributed by atoms with Gasteiger partial charge in [-0.25, -0.2) is 17.7 Å². The fourth-order valence-electron chi connectivity index (χ4n) is 3.44. The van der Waals surface area contributed by atoms with E-state index in [1.165, 1.54) is 26.2 Å². The van der Waals surface area contributed by atoms with Crippen LogP contribution in [0.1, 0.15) is 15.9 Å². The molecule has 174 valence electrons. The number of aryl methyl sites for hydroxylation is 1. The van der Waals surface area contributed by atoms with Gasteiger partial charge >= 0.3 is 0 Å². The van der Waals surface area contributed by atoms with E-state index in [4.69, 9.17) is 9.72 Å². The summed E-state index contributed by atoms with van der Waals surface area (Å²) < 4.78 is 31.4. The average Bonchev–Trinajstić information content (AvgIpc) is 3.30. The summed E-state index contributed by atoms with van der Waals surface area (Å²) in [5, 5.41) is 5.86. The second kappa shape index (κ2) is 9.60. The van der Waals surface area contributed by atoms with Crippen molar-refractivity contribution in [1.29, 1.82) is 0 Å². The number of aromatic nitrogens is 1. The first-order valence-electron chi connectivity index (χ1n) is 10.5. The highest BCUT2D eigenvalue weighted by Crippen LogP contribution is 2.29. The lowest BCUT2D eigenvalue weighted by molar-refractivity contribution is 0.102. The van der Waals surface area contributed by atoms with Gasteiger partial charge in [0.25, 0.3) is 5.91 Å². The molecule has 1 saturated heterocycles. The maximum Gasteiger partial charge on any atom is 0.255 e. The summed E-state index contributed by atoms with van der Waals surface area (Å²) in [6, 6.07) is 12.0. The standard InChI is InChI=1S/C23H26N4O4S2/c1-16-4-9-19(33(29,30)26(2)3)14-20(16)22(28)24-18-7-5-17(6-8-18)21-15-32-23(25-21)27-10-12-31-13-11-27/h4-9,14-15H,10-13H2,1-3H3,(H,24,28). The molecule has 1 aliphatic rings. The Kier molecular flexibility index (Phi) is 6.80. The molecule has 4 rings (SSSR count). The van der Waals surface area contributed by atoms with Gasteiger partial charge in [0, 0.05) is 49.4 Å². The van der Waals surface area contributed by atoms with Gasteiger partial charge in [-0.2, -0.15) is 0 Å². The summed E-state index contributed by atoms with van der Waals surface area (Å²) in [5.74, 6) is -0.362. The van der Waals surface area contributed by atoms with Crippen molar-refractivity contribution in [3.05, 3.63) is 59.0 Å². The lowest BCUT2D eigenvalue weighted by atomic mass is 10.1. The summed E-state index contributed by atoms with van der Waals surface area (Å²) in [6.45, 7) is 4.89. The molecule has 33 heavy (non-hydrogen) atoms. The van der Waals surface area contributed by atoms with E-state index < -0.39 is 10.0 Å². The van der Waals surface area contributed by atoms with E-state index >= 15 is 0 Å². The number of hydrogen-bond donors (Lipinski definition) is 1. The van der Waals surface area contributed by atoms with Crippen LogP contribution in [0.5, 0.6) is 0 Å². The second-order valence-corrected chi connectivity index (χ2v) is 10.9. The molecule has 1 aliphatic heterocycles. The Morgan fingerprint density at radius 2 is 1.82 bits per heavy atom. The number of ether oxygens (including phenoxy) is 1. The molecule has 1 amide bonds. The zero-order chi connectivity index (χ0) is 23.6. The molecule has 0 bridgehead atoms. The third-order valence-electron chi connectivity index (χ3n) is 5.44. The summed E-state index contributed by atoms with van der Waals surface area (Å²) >= 11 is 1.61. The molecule has 10 heteroatoms. The number of hydrogen-bond acceptors (Lipinski definition) is 7. The number of benzene rings is 2. The number of sulfonamides is 1. The SMILES string of the molecule is Cc1ccc(S(=O)(=O)N(C)C)cc1C(=O)Nc1ccc(-c2csc(N3CCOCC3)n2)cc1. The van der Waals surface area contributed by atoms with Crippen LogP contribution in [0.15, 0.2) is 52.7 Å². The van der Waals surface area contributed by atoms with E-state index in [2.05, 4.69) is 10.2 Å². The van der Waals surface area contributed by atoms with Gasteiger partial charge in [0.15, 0.2) is 5.13 Å². The Morgan fingerprint density at radius 3 is 2.48 bits per heavy atom. The Hall–Kier alpha value is -2.79. The molecule has 0 saturated carbocycles. The lowest BCUT2D eigenvalue weighted by Crippen LogP contribution is -2.36. The van der Waals surface area contributed by atoms with Crippen molar-refractivity contribution in [3.63, 3.8) is 0 Å². The van der Waals surface area contributed by atoms with Gasteiger partial charge in [-0.1, -0.05) is 18.2 Å². The predicted octanol–water partition coefficient (Wildman–Crippen LogP) is 3.46. The van der Waals surface area contributed by atoms with Gasteiger partial charge < -0.3 is 15.0 Å². The second-order valence-electron chi connectivity index (χ2n) is 7.91. The molecule has 1 N–H and O–H groups in total. The third kappa shape index (κ3) is 5.09. The van der Waals surface area contributed by atoms with Crippen molar-refractivity contribution in [2.75, 3.05) is 50.6 Å². The van der Waals surface area contributed by atoms with E-state index in [0.29, 0.717) is 30.0 Å². The first-order chi connectivity index (χ1) is 15.8. The first-order valence-corrected chi connectivity index (χ1v) is 12.8. The quantitative estimate of drug-likeness (QED) is 0.574. The van der Waals surface area contributed by atoms with Crippen molar-refractivity contribution in [2.24, 2.45) is 0 Å². The smallest absolute Gasteiger partial charge is 0.255 e. The van der Waals surface area contributed by atoms with Crippen LogP contribution >= 0.6 is 11.3 Å². The average molecular weight is 487 g/mol. The van der Waals surface area contributed by atoms with Crippen LogP contribution < -0.4 is 10.2 Å². The maximum atomic E-state index is 12.9. The highest BCUT2D eigenvalue weighted by molar-refractivity contribution is 7.89. The number of rotatable bonds is 6. The van der Waals surface area contributed by atoms with Crippen LogP contribution in [0, 0.1) is 6.92 Å². The maximum absolute atomic E-state index is 12.9. The topological polar surface area (TPSA) is 91.8 Å². The number of anilines is 2. The number of nitrogens with one attached hydrogen (secondary N) is 1. The molecule has 0 unspecified atom stereocenters.